The Labute approximate surface area is 129 Å². The number of fused-ring (bicyclic) bond motifs is 1. The number of nitriles is 1. The van der Waals surface area contributed by atoms with E-state index >= 15 is 0 Å². The number of hydrogen-bond donors (Lipinski definition) is 1. The first-order valence-electron chi connectivity index (χ1n) is 6.32. The number of nitrogens with zero attached hydrogens (tertiary/aromatic N) is 3. The average molecular weight is 327 g/mol. The van der Waals surface area contributed by atoms with E-state index in [1.807, 2.05) is 42.6 Å². The maximum atomic E-state index is 10.5. The summed E-state index contributed by atoms with van der Waals surface area (Å²) < 4.78 is 33.2. The highest BCUT2D eigenvalue weighted by atomic mass is 19.4. The zero-order chi connectivity index (χ0) is 17.5. The fourth-order valence-electron chi connectivity index (χ4n) is 1.55. The molecule has 9 heteroatoms. The largest absolute Gasteiger partial charge is 0.542 e. The van der Waals surface area contributed by atoms with Gasteiger partial charge in [0.1, 0.15) is 17.6 Å². The molecule has 1 aromatic carbocycles. The summed E-state index contributed by atoms with van der Waals surface area (Å²) in [5.41, 5.74) is 0.883. The summed E-state index contributed by atoms with van der Waals surface area (Å²) in [6.07, 6.45) is -3.92. The molecule has 23 heavy (non-hydrogen) atoms. The highest BCUT2D eigenvalue weighted by Gasteiger charge is 2.28. The molecule has 0 amide bonds. The van der Waals surface area contributed by atoms with E-state index < -0.39 is 18.2 Å². The van der Waals surface area contributed by atoms with Crippen LogP contribution >= 0.6 is 0 Å². The standard InChI is InChI=1S/C12H12N3O.C2HF3O2/c13-7-5-11(16)9-15-8-6-10-3-1-2-4-12(10)14-15;3-2(4,5)1(6)7/h1-4,6,8,11,16H,5,9H2;(H,6,7)/q+1;/p-1. The predicted octanol–water partition coefficient (Wildman–Crippen LogP) is 0.0955. The van der Waals surface area contributed by atoms with Crippen molar-refractivity contribution in [1.29, 1.82) is 5.26 Å². The van der Waals surface area contributed by atoms with Gasteiger partial charge in [-0.05, 0) is 6.07 Å². The van der Waals surface area contributed by atoms with Gasteiger partial charge in [0.2, 0.25) is 6.54 Å². The predicted molar refractivity (Wildman–Crippen MR) is 69.2 cm³/mol. The molecule has 0 saturated carbocycles. The van der Waals surface area contributed by atoms with Gasteiger partial charge in [0, 0.05) is 16.6 Å². The minimum atomic E-state index is -5.19. The van der Waals surface area contributed by atoms with Crippen LogP contribution < -0.4 is 9.79 Å². The topological polar surface area (TPSA) is 101 Å². The fraction of sp³-hybridized carbons (Fsp3) is 0.286. The first-order chi connectivity index (χ1) is 10.7. The Morgan fingerprint density at radius 2 is 2.00 bits per heavy atom. The molecular weight excluding hydrogens is 315 g/mol. The average Bonchev–Trinajstić information content (AvgIpc) is 2.47. The second-order valence-corrected chi connectivity index (χ2v) is 4.40. The third-order valence-corrected chi connectivity index (χ3v) is 2.56. The Bertz CT molecular complexity index is 713. The van der Waals surface area contributed by atoms with Crippen LogP contribution in [0.15, 0.2) is 36.5 Å². The van der Waals surface area contributed by atoms with Crippen LogP contribution in [0.4, 0.5) is 13.2 Å². The van der Waals surface area contributed by atoms with Gasteiger partial charge in [-0.1, -0.05) is 22.9 Å². The van der Waals surface area contributed by atoms with Gasteiger partial charge in [0.15, 0.2) is 6.20 Å². The highest BCUT2D eigenvalue weighted by Crippen LogP contribution is 2.11. The molecule has 1 atom stereocenters. The second-order valence-electron chi connectivity index (χ2n) is 4.40. The number of aliphatic hydroxyl groups excluding tert-OH is 1. The minimum absolute atomic E-state index is 0.126. The maximum absolute atomic E-state index is 10.5. The molecule has 6 nitrogen and oxygen atoms in total. The van der Waals surface area contributed by atoms with Gasteiger partial charge in [0.25, 0.3) is 0 Å². The zero-order valence-electron chi connectivity index (χ0n) is 11.7. The molecule has 1 unspecified atom stereocenters. The van der Waals surface area contributed by atoms with Gasteiger partial charge in [-0.3, -0.25) is 0 Å². The number of aromatic nitrogens is 2. The Hall–Kier alpha value is -2.73. The van der Waals surface area contributed by atoms with Gasteiger partial charge < -0.3 is 15.0 Å². The molecular formula is C14H12F3N3O3. The molecule has 1 aromatic heterocycles. The Kier molecular flexibility index (Phi) is 6.41. The van der Waals surface area contributed by atoms with Gasteiger partial charge in [-0.15, -0.1) is 0 Å². The molecule has 0 spiro atoms. The number of carbonyl (C=O) groups excluding carboxylic acids is 1. The second kappa shape index (κ2) is 8.05. The number of benzene rings is 1. The van der Waals surface area contributed by atoms with Crippen LogP contribution in [-0.2, 0) is 11.3 Å². The van der Waals surface area contributed by atoms with E-state index in [1.54, 1.807) is 4.68 Å². The van der Waals surface area contributed by atoms with E-state index in [1.165, 1.54) is 0 Å². The van der Waals surface area contributed by atoms with E-state index in [2.05, 4.69) is 5.10 Å². The zero-order valence-corrected chi connectivity index (χ0v) is 11.7. The molecule has 0 radical (unpaired) electrons. The lowest BCUT2D eigenvalue weighted by Crippen LogP contribution is -2.42. The van der Waals surface area contributed by atoms with Crippen molar-refractivity contribution in [2.75, 3.05) is 0 Å². The summed E-state index contributed by atoms with van der Waals surface area (Å²) in [5, 5.41) is 32.1. The number of carboxylic acid groups (broad SMARTS) is 1. The number of aliphatic hydroxyl groups is 1. The van der Waals surface area contributed by atoms with Gasteiger partial charge in [-0.25, -0.2) is 0 Å². The summed E-state index contributed by atoms with van der Waals surface area (Å²) >= 11 is 0. The van der Waals surface area contributed by atoms with Crippen LogP contribution in [0.1, 0.15) is 6.42 Å². The Morgan fingerprint density at radius 3 is 2.57 bits per heavy atom. The van der Waals surface area contributed by atoms with E-state index in [0.29, 0.717) is 6.54 Å². The normalized spacial score (nSPS) is 12.0. The van der Waals surface area contributed by atoms with Crippen molar-refractivity contribution in [3.8, 4) is 6.07 Å². The van der Waals surface area contributed by atoms with Crippen molar-refractivity contribution in [2.24, 2.45) is 0 Å². The number of carbonyl (C=O) groups is 1. The molecule has 1 heterocycles. The first-order valence-corrected chi connectivity index (χ1v) is 6.32. The van der Waals surface area contributed by atoms with Crippen LogP contribution in [0.25, 0.3) is 10.9 Å². The molecule has 0 bridgehead atoms. The van der Waals surface area contributed by atoms with Crippen molar-refractivity contribution < 1.29 is 32.9 Å². The molecule has 0 fully saturated rings. The molecule has 122 valence electrons. The lowest BCUT2D eigenvalue weighted by atomic mass is 10.2. The third-order valence-electron chi connectivity index (χ3n) is 2.56. The van der Waals surface area contributed by atoms with Crippen molar-refractivity contribution >= 4 is 16.9 Å². The Balaban J connectivity index is 0.000000322. The molecule has 0 saturated heterocycles. The fourth-order valence-corrected chi connectivity index (χ4v) is 1.55. The number of carboxylic acids is 1. The summed E-state index contributed by atoms with van der Waals surface area (Å²) in [6.45, 7) is 0.346. The highest BCUT2D eigenvalue weighted by molar-refractivity contribution is 5.76. The van der Waals surface area contributed by atoms with Crippen molar-refractivity contribution in [3.63, 3.8) is 0 Å². The van der Waals surface area contributed by atoms with Crippen LogP contribution in [0, 0.1) is 11.3 Å². The molecule has 2 aromatic rings. The number of aliphatic carboxylic acids is 1. The number of halogens is 3. The number of alkyl halides is 3. The van der Waals surface area contributed by atoms with Crippen molar-refractivity contribution in [1.82, 2.24) is 5.10 Å². The molecule has 0 aliphatic heterocycles. The molecule has 1 N–H and O–H groups in total. The quantitative estimate of drug-likeness (QED) is 0.806. The molecule has 0 aliphatic rings. The van der Waals surface area contributed by atoms with Crippen molar-refractivity contribution in [2.45, 2.75) is 25.2 Å². The third kappa shape index (κ3) is 6.27. The van der Waals surface area contributed by atoms with Gasteiger partial charge in [-0.2, -0.15) is 18.4 Å². The van der Waals surface area contributed by atoms with Crippen LogP contribution in [0.2, 0.25) is 0 Å². The first kappa shape index (κ1) is 18.3. The maximum Gasteiger partial charge on any atom is 0.430 e. The lowest BCUT2D eigenvalue weighted by molar-refractivity contribution is -0.757. The summed E-state index contributed by atoms with van der Waals surface area (Å²) in [5.74, 6) is -3.01. The SMILES string of the molecule is N#CCC(O)C[n+]1ccc2ccccc2n1.O=C([O-])C(F)(F)F. The Morgan fingerprint density at radius 1 is 1.39 bits per heavy atom. The van der Waals surface area contributed by atoms with Crippen LogP contribution in [0.5, 0.6) is 0 Å². The van der Waals surface area contributed by atoms with E-state index in [0.717, 1.165) is 10.9 Å². The number of rotatable bonds is 3. The lowest BCUT2D eigenvalue weighted by Gasteiger charge is -2.03. The molecule has 2 rings (SSSR count). The van der Waals surface area contributed by atoms with Gasteiger partial charge >= 0.3 is 6.18 Å². The van der Waals surface area contributed by atoms with Gasteiger partial charge in [0.05, 0.1) is 12.5 Å². The smallest absolute Gasteiger partial charge is 0.430 e. The summed E-state index contributed by atoms with van der Waals surface area (Å²) in [7, 11) is 0. The van der Waals surface area contributed by atoms with E-state index in [9.17, 15) is 18.3 Å². The monoisotopic (exact) mass is 327 g/mol. The minimum Gasteiger partial charge on any atom is -0.542 e. The number of hydrogen-bond acceptors (Lipinski definition) is 5. The van der Waals surface area contributed by atoms with Crippen molar-refractivity contribution in [3.05, 3.63) is 36.5 Å². The molecule has 0 aliphatic carbocycles. The van der Waals surface area contributed by atoms with Crippen LogP contribution in [-0.4, -0.2) is 28.5 Å². The van der Waals surface area contributed by atoms with Crippen LogP contribution in [0.3, 0.4) is 0 Å². The summed E-state index contributed by atoms with van der Waals surface area (Å²) in [4.78, 5) is 8.78. The summed E-state index contributed by atoms with van der Waals surface area (Å²) in [6, 6.07) is 11.7. The van der Waals surface area contributed by atoms with E-state index in [4.69, 9.17) is 15.2 Å². The van der Waals surface area contributed by atoms with E-state index in [-0.39, 0.29) is 6.42 Å².